The van der Waals surface area contributed by atoms with E-state index in [1.54, 1.807) is 7.11 Å². The van der Waals surface area contributed by atoms with Crippen LogP contribution in [0.1, 0.15) is 32.6 Å². The Hall–Kier alpha value is -1.65. The fraction of sp³-hybridized carbons (Fsp3) is 0.278. The first kappa shape index (κ1) is 16.7. The maximum Gasteiger partial charge on any atom is 0.255 e. The second kappa shape index (κ2) is 7.07. The van der Waals surface area contributed by atoms with Crippen LogP contribution in [-0.2, 0) is 11.3 Å². The maximum absolute atomic E-state index is 12.6. The first-order valence-corrected chi connectivity index (χ1v) is 7.89. The molecule has 0 radical (unpaired) electrons. The highest BCUT2D eigenvalue weighted by molar-refractivity contribution is 9.10. The molecule has 0 atom stereocenters. The van der Waals surface area contributed by atoms with Crippen molar-refractivity contribution in [2.24, 2.45) is 0 Å². The number of benzene rings is 2. The maximum atomic E-state index is 12.6. The summed E-state index contributed by atoms with van der Waals surface area (Å²) in [6.07, 6.45) is 0. The van der Waals surface area contributed by atoms with Crippen LogP contribution >= 0.6 is 15.9 Å². The van der Waals surface area contributed by atoms with Crippen molar-refractivity contribution in [1.29, 1.82) is 0 Å². The average molecular weight is 362 g/mol. The normalized spacial score (nSPS) is 10.6. The molecule has 4 heteroatoms. The van der Waals surface area contributed by atoms with Crippen molar-refractivity contribution in [3.05, 3.63) is 62.6 Å². The molecule has 0 saturated heterocycles. The first-order chi connectivity index (χ1) is 10.4. The summed E-state index contributed by atoms with van der Waals surface area (Å²) in [6, 6.07) is 9.75. The lowest BCUT2D eigenvalue weighted by molar-refractivity contribution is 0.102. The third-order valence-electron chi connectivity index (χ3n) is 3.77. The van der Waals surface area contributed by atoms with E-state index in [-0.39, 0.29) is 5.91 Å². The van der Waals surface area contributed by atoms with E-state index in [1.807, 2.05) is 51.1 Å². The van der Waals surface area contributed by atoms with Crippen LogP contribution in [0, 0.1) is 20.8 Å². The number of aryl methyl sites for hydroxylation is 2. The number of nitrogens with one attached hydrogen (secondary N) is 1. The lowest BCUT2D eigenvalue weighted by Crippen LogP contribution is -2.15. The first-order valence-electron chi connectivity index (χ1n) is 7.09. The number of ether oxygens (including phenoxy) is 1. The second-order valence-corrected chi connectivity index (χ2v) is 6.30. The van der Waals surface area contributed by atoms with Crippen molar-refractivity contribution in [3.63, 3.8) is 0 Å². The van der Waals surface area contributed by atoms with Crippen molar-refractivity contribution in [3.8, 4) is 0 Å². The highest BCUT2D eigenvalue weighted by Gasteiger charge is 2.14. The Kier molecular flexibility index (Phi) is 5.37. The van der Waals surface area contributed by atoms with Crippen LogP contribution in [0.15, 0.2) is 34.8 Å². The van der Waals surface area contributed by atoms with Crippen molar-refractivity contribution in [2.45, 2.75) is 27.4 Å². The van der Waals surface area contributed by atoms with Gasteiger partial charge < -0.3 is 10.1 Å². The zero-order valence-corrected chi connectivity index (χ0v) is 14.9. The summed E-state index contributed by atoms with van der Waals surface area (Å²) >= 11 is 3.41. The van der Waals surface area contributed by atoms with Gasteiger partial charge in [0.1, 0.15) is 0 Å². The summed E-state index contributed by atoms with van der Waals surface area (Å²) in [5, 5.41) is 3.05. The SMILES string of the molecule is COCc1ccc(C)c(NC(=O)c2cc(Br)ccc2C)c1C. The standard InChI is InChI=1S/C18H20BrNO2/c1-11-6-8-15(19)9-16(11)18(21)20-17-12(2)5-7-14(10-22-4)13(17)3/h5-9H,10H2,1-4H3,(H,20,21). The monoisotopic (exact) mass is 361 g/mol. The largest absolute Gasteiger partial charge is 0.380 e. The van der Waals surface area contributed by atoms with Gasteiger partial charge in [-0.3, -0.25) is 4.79 Å². The molecule has 0 unspecified atom stereocenters. The minimum Gasteiger partial charge on any atom is -0.380 e. The third-order valence-corrected chi connectivity index (χ3v) is 4.26. The van der Waals surface area contributed by atoms with E-state index >= 15 is 0 Å². The van der Waals surface area contributed by atoms with E-state index in [9.17, 15) is 4.79 Å². The molecular formula is C18H20BrNO2. The molecule has 0 aromatic heterocycles. The molecule has 0 aliphatic carbocycles. The Morgan fingerprint density at radius 2 is 1.82 bits per heavy atom. The molecule has 0 heterocycles. The summed E-state index contributed by atoms with van der Waals surface area (Å²) in [7, 11) is 1.67. The molecule has 0 spiro atoms. The van der Waals surface area contributed by atoms with Crippen molar-refractivity contribution in [2.75, 3.05) is 12.4 Å². The summed E-state index contributed by atoms with van der Waals surface area (Å²) in [5.74, 6) is -0.0976. The molecule has 1 amide bonds. The Labute approximate surface area is 139 Å². The van der Waals surface area contributed by atoms with E-state index in [0.717, 1.165) is 32.4 Å². The Morgan fingerprint density at radius 3 is 2.50 bits per heavy atom. The fourth-order valence-corrected chi connectivity index (χ4v) is 2.78. The Bertz CT molecular complexity index is 710. The predicted molar refractivity (Wildman–Crippen MR) is 93.5 cm³/mol. The predicted octanol–water partition coefficient (Wildman–Crippen LogP) is 4.77. The number of carbonyl (C=O) groups is 1. The molecule has 3 nitrogen and oxygen atoms in total. The summed E-state index contributed by atoms with van der Waals surface area (Å²) in [5.41, 5.74) is 5.64. The van der Waals surface area contributed by atoms with E-state index in [2.05, 4.69) is 21.2 Å². The van der Waals surface area contributed by atoms with Crippen LogP contribution in [-0.4, -0.2) is 13.0 Å². The molecule has 1 N–H and O–H groups in total. The summed E-state index contributed by atoms with van der Waals surface area (Å²) in [4.78, 5) is 12.6. The van der Waals surface area contributed by atoms with Crippen LogP contribution in [0.5, 0.6) is 0 Å². The molecule has 0 saturated carbocycles. The quantitative estimate of drug-likeness (QED) is 0.851. The molecule has 2 rings (SSSR count). The van der Waals surface area contributed by atoms with Crippen LogP contribution in [0.2, 0.25) is 0 Å². The van der Waals surface area contributed by atoms with Gasteiger partial charge in [0, 0.05) is 22.8 Å². The zero-order valence-electron chi connectivity index (χ0n) is 13.3. The van der Waals surface area contributed by atoms with Gasteiger partial charge >= 0.3 is 0 Å². The van der Waals surface area contributed by atoms with E-state index in [4.69, 9.17) is 4.74 Å². The summed E-state index contributed by atoms with van der Waals surface area (Å²) < 4.78 is 6.10. The molecule has 0 aliphatic heterocycles. The highest BCUT2D eigenvalue weighted by Crippen LogP contribution is 2.26. The number of halogens is 1. The van der Waals surface area contributed by atoms with Crippen LogP contribution < -0.4 is 5.32 Å². The van der Waals surface area contributed by atoms with Gasteiger partial charge in [0.25, 0.3) is 5.91 Å². The minimum atomic E-state index is -0.0976. The van der Waals surface area contributed by atoms with Gasteiger partial charge in [0.05, 0.1) is 6.61 Å². The van der Waals surface area contributed by atoms with Crippen molar-refractivity contribution >= 4 is 27.5 Å². The topological polar surface area (TPSA) is 38.3 Å². The van der Waals surface area contributed by atoms with E-state index in [0.29, 0.717) is 12.2 Å². The Morgan fingerprint density at radius 1 is 1.14 bits per heavy atom. The summed E-state index contributed by atoms with van der Waals surface area (Å²) in [6.45, 7) is 6.46. The number of methoxy groups -OCH3 is 1. The number of anilines is 1. The van der Waals surface area contributed by atoms with Gasteiger partial charge in [-0.1, -0.05) is 34.1 Å². The molecule has 2 aromatic carbocycles. The molecule has 22 heavy (non-hydrogen) atoms. The Balaban J connectivity index is 2.36. The van der Waals surface area contributed by atoms with Crippen LogP contribution in [0.4, 0.5) is 5.69 Å². The van der Waals surface area contributed by atoms with Gasteiger partial charge in [0.2, 0.25) is 0 Å². The van der Waals surface area contributed by atoms with Gasteiger partial charge in [-0.25, -0.2) is 0 Å². The van der Waals surface area contributed by atoms with E-state index < -0.39 is 0 Å². The fourth-order valence-electron chi connectivity index (χ4n) is 2.41. The third kappa shape index (κ3) is 3.57. The zero-order chi connectivity index (χ0) is 16.3. The molecule has 116 valence electrons. The lowest BCUT2D eigenvalue weighted by Gasteiger charge is -2.16. The smallest absolute Gasteiger partial charge is 0.255 e. The molecule has 2 aromatic rings. The van der Waals surface area contributed by atoms with E-state index in [1.165, 1.54) is 0 Å². The van der Waals surface area contributed by atoms with Crippen LogP contribution in [0.3, 0.4) is 0 Å². The number of amides is 1. The van der Waals surface area contributed by atoms with Gasteiger partial charge in [-0.15, -0.1) is 0 Å². The molecule has 0 bridgehead atoms. The number of hydrogen-bond donors (Lipinski definition) is 1. The number of hydrogen-bond acceptors (Lipinski definition) is 2. The molecular weight excluding hydrogens is 342 g/mol. The second-order valence-electron chi connectivity index (χ2n) is 5.39. The van der Waals surface area contributed by atoms with Crippen LogP contribution in [0.25, 0.3) is 0 Å². The highest BCUT2D eigenvalue weighted by atomic mass is 79.9. The van der Waals surface area contributed by atoms with Gasteiger partial charge in [-0.05, 0) is 55.2 Å². The minimum absolute atomic E-state index is 0.0976. The lowest BCUT2D eigenvalue weighted by atomic mass is 10.0. The average Bonchev–Trinajstić information content (AvgIpc) is 2.49. The van der Waals surface area contributed by atoms with Crippen molar-refractivity contribution in [1.82, 2.24) is 0 Å². The van der Waals surface area contributed by atoms with Gasteiger partial charge in [-0.2, -0.15) is 0 Å². The molecule has 0 fully saturated rings. The van der Waals surface area contributed by atoms with Crippen molar-refractivity contribution < 1.29 is 9.53 Å². The molecule has 0 aliphatic rings. The number of carbonyl (C=O) groups excluding carboxylic acids is 1. The van der Waals surface area contributed by atoms with Gasteiger partial charge in [0.15, 0.2) is 0 Å². The number of rotatable bonds is 4.